The van der Waals surface area contributed by atoms with E-state index in [4.69, 9.17) is 27.6 Å². The first kappa shape index (κ1) is 7.60. The Morgan fingerprint density at radius 1 is 1.57 bits per heavy atom. The number of rotatable bonds is 3. The predicted molar refractivity (Wildman–Crippen MR) is 33.7 cm³/mol. The Labute approximate surface area is 53.9 Å². The maximum atomic E-state index is 5.20. The molecule has 0 N–H and O–H groups in total. The zero-order valence-electron chi connectivity index (χ0n) is 4.16. The first-order chi connectivity index (χ1) is 3.27. The van der Waals surface area contributed by atoms with Crippen molar-refractivity contribution in [3.63, 3.8) is 0 Å². The second-order valence-corrected chi connectivity index (χ2v) is 2.15. The first-order valence-electron chi connectivity index (χ1n) is 2.17. The van der Waals surface area contributed by atoms with Gasteiger partial charge in [-0.05, 0) is 6.42 Å². The topological polar surface area (TPSA) is 9.23 Å². The molecular weight excluding hydrogens is 134 g/mol. The molecular formula is C3H7BCl2O. The summed E-state index contributed by atoms with van der Waals surface area (Å²) in [5.41, 5.74) is 0. The lowest BCUT2D eigenvalue weighted by Crippen LogP contribution is -2.01. The molecule has 0 saturated heterocycles. The van der Waals surface area contributed by atoms with Crippen molar-refractivity contribution in [2.75, 3.05) is 6.61 Å². The van der Waals surface area contributed by atoms with E-state index in [0.29, 0.717) is 6.61 Å². The Morgan fingerprint density at radius 2 is 2.14 bits per heavy atom. The van der Waals surface area contributed by atoms with Crippen LogP contribution in [0, 0.1) is 0 Å². The molecule has 0 aromatic rings. The highest BCUT2D eigenvalue weighted by Crippen LogP contribution is 1.96. The number of hydrogen-bond acceptors (Lipinski definition) is 1. The van der Waals surface area contributed by atoms with Gasteiger partial charge in [-0.1, -0.05) is 6.92 Å². The molecule has 0 heterocycles. The third-order valence-electron chi connectivity index (χ3n) is 0.448. The minimum absolute atomic E-state index is 0.637. The SMILES string of the molecule is CCCOB(Cl)Cl. The van der Waals surface area contributed by atoms with Gasteiger partial charge in [0.15, 0.2) is 0 Å². The second-order valence-electron chi connectivity index (χ2n) is 1.13. The van der Waals surface area contributed by atoms with Gasteiger partial charge in [-0.3, -0.25) is 0 Å². The summed E-state index contributed by atoms with van der Waals surface area (Å²) >= 11 is 10.4. The zero-order valence-corrected chi connectivity index (χ0v) is 5.67. The maximum absolute atomic E-state index is 5.20. The first-order valence-corrected chi connectivity index (χ1v) is 3.04. The number of hydrogen-bond donors (Lipinski definition) is 0. The summed E-state index contributed by atoms with van der Waals surface area (Å²) in [4.78, 5) is 0. The van der Waals surface area contributed by atoms with Crippen LogP contribution in [0.4, 0.5) is 0 Å². The van der Waals surface area contributed by atoms with Crippen molar-refractivity contribution in [2.45, 2.75) is 13.3 Å². The van der Waals surface area contributed by atoms with Crippen LogP contribution in [0.25, 0.3) is 0 Å². The smallest absolute Gasteiger partial charge is 0.409 e. The van der Waals surface area contributed by atoms with Crippen LogP contribution in [0.15, 0.2) is 0 Å². The van der Waals surface area contributed by atoms with Crippen molar-refractivity contribution in [2.24, 2.45) is 0 Å². The van der Waals surface area contributed by atoms with Gasteiger partial charge in [0.2, 0.25) is 0 Å². The van der Waals surface area contributed by atoms with Crippen LogP contribution in [-0.2, 0) is 4.65 Å². The molecule has 4 heteroatoms. The van der Waals surface area contributed by atoms with Crippen LogP contribution in [0.1, 0.15) is 13.3 Å². The van der Waals surface area contributed by atoms with E-state index in [1.807, 2.05) is 6.92 Å². The van der Waals surface area contributed by atoms with Crippen molar-refractivity contribution >= 4 is 28.7 Å². The van der Waals surface area contributed by atoms with Crippen molar-refractivity contribution < 1.29 is 4.65 Å². The van der Waals surface area contributed by atoms with Gasteiger partial charge in [-0.2, -0.15) is 0 Å². The van der Waals surface area contributed by atoms with Gasteiger partial charge in [-0.25, -0.2) is 0 Å². The summed E-state index contributed by atoms with van der Waals surface area (Å²) in [5, 5.41) is 0. The van der Waals surface area contributed by atoms with Crippen LogP contribution in [-0.4, -0.2) is 12.4 Å². The van der Waals surface area contributed by atoms with E-state index in [-0.39, 0.29) is 0 Å². The van der Waals surface area contributed by atoms with Gasteiger partial charge in [0.25, 0.3) is 0 Å². The Hall–Kier alpha value is 0.605. The lowest BCUT2D eigenvalue weighted by molar-refractivity contribution is 0.340. The molecule has 42 valence electrons. The predicted octanol–water partition coefficient (Wildman–Crippen LogP) is 1.88. The lowest BCUT2D eigenvalue weighted by atomic mass is 10.4. The van der Waals surface area contributed by atoms with Crippen molar-refractivity contribution in [1.82, 2.24) is 0 Å². The highest BCUT2D eigenvalue weighted by molar-refractivity contribution is 7.30. The average molecular weight is 141 g/mol. The zero-order chi connectivity index (χ0) is 5.70. The van der Waals surface area contributed by atoms with Crippen molar-refractivity contribution in [1.29, 1.82) is 0 Å². The summed E-state index contributed by atoms with van der Waals surface area (Å²) in [6, 6.07) is 0. The molecule has 0 fully saturated rings. The fraction of sp³-hybridized carbons (Fsp3) is 1.00. The van der Waals surface area contributed by atoms with E-state index in [1.54, 1.807) is 0 Å². The summed E-state index contributed by atoms with van der Waals surface area (Å²) < 4.78 is 4.72. The molecule has 0 rings (SSSR count). The maximum Gasteiger partial charge on any atom is 0.508 e. The monoisotopic (exact) mass is 140 g/mol. The van der Waals surface area contributed by atoms with Crippen LogP contribution in [0.3, 0.4) is 0 Å². The van der Waals surface area contributed by atoms with E-state index in [9.17, 15) is 0 Å². The Balaban J connectivity index is 2.68. The van der Waals surface area contributed by atoms with E-state index in [2.05, 4.69) is 0 Å². The molecule has 0 bridgehead atoms. The minimum Gasteiger partial charge on any atom is -0.409 e. The van der Waals surface area contributed by atoms with Gasteiger partial charge in [0.05, 0.1) is 0 Å². The molecule has 0 saturated carbocycles. The molecule has 0 aliphatic heterocycles. The van der Waals surface area contributed by atoms with E-state index in [1.165, 1.54) is 0 Å². The van der Waals surface area contributed by atoms with E-state index < -0.39 is 5.75 Å². The summed E-state index contributed by atoms with van der Waals surface area (Å²) in [6.45, 7) is 2.63. The summed E-state index contributed by atoms with van der Waals surface area (Å²) in [5.74, 6) is -0.653. The van der Waals surface area contributed by atoms with E-state index >= 15 is 0 Å². The Morgan fingerprint density at radius 3 is 2.29 bits per heavy atom. The van der Waals surface area contributed by atoms with Gasteiger partial charge < -0.3 is 4.65 Å². The fourth-order valence-corrected chi connectivity index (χ4v) is 0.385. The normalized spacial score (nSPS) is 9.00. The number of halogens is 2. The standard InChI is InChI=1S/C3H7BCl2O/c1-2-3-7-4(5)6/h2-3H2,1H3. The molecule has 1 nitrogen and oxygen atoms in total. The third-order valence-corrected chi connectivity index (χ3v) is 0.700. The Bertz CT molecular complexity index is 41.9. The van der Waals surface area contributed by atoms with Gasteiger partial charge in [0.1, 0.15) is 0 Å². The minimum atomic E-state index is -0.653. The third kappa shape index (κ3) is 6.60. The molecule has 0 amide bonds. The molecule has 0 aliphatic carbocycles. The largest absolute Gasteiger partial charge is 0.508 e. The van der Waals surface area contributed by atoms with Crippen LogP contribution in [0.5, 0.6) is 0 Å². The molecule has 0 radical (unpaired) electrons. The average Bonchev–Trinajstić information content (AvgIpc) is 1.61. The van der Waals surface area contributed by atoms with Crippen molar-refractivity contribution in [3.05, 3.63) is 0 Å². The van der Waals surface area contributed by atoms with Crippen molar-refractivity contribution in [3.8, 4) is 0 Å². The van der Waals surface area contributed by atoms with Gasteiger partial charge in [-0.15, -0.1) is 22.9 Å². The Kier molecular flexibility index (Phi) is 5.17. The van der Waals surface area contributed by atoms with Gasteiger partial charge in [0, 0.05) is 6.61 Å². The quantitative estimate of drug-likeness (QED) is 0.545. The van der Waals surface area contributed by atoms with Crippen LogP contribution < -0.4 is 0 Å². The molecule has 0 aromatic carbocycles. The van der Waals surface area contributed by atoms with Gasteiger partial charge >= 0.3 is 5.75 Å². The molecule has 0 aromatic heterocycles. The summed E-state index contributed by atoms with van der Waals surface area (Å²) in [7, 11) is 0. The lowest BCUT2D eigenvalue weighted by Gasteiger charge is -1.95. The highest BCUT2D eigenvalue weighted by Gasteiger charge is 2.03. The highest BCUT2D eigenvalue weighted by atomic mass is 35.5. The van der Waals surface area contributed by atoms with Crippen LogP contribution >= 0.6 is 22.9 Å². The fourth-order valence-electron chi connectivity index (χ4n) is 0.207. The molecule has 0 aliphatic rings. The second kappa shape index (κ2) is 4.76. The molecule has 0 spiro atoms. The molecule has 0 atom stereocenters. The van der Waals surface area contributed by atoms with Crippen LogP contribution in [0.2, 0.25) is 0 Å². The summed E-state index contributed by atoms with van der Waals surface area (Å²) in [6.07, 6.45) is 0.954. The van der Waals surface area contributed by atoms with E-state index in [0.717, 1.165) is 6.42 Å². The molecule has 7 heavy (non-hydrogen) atoms. The molecule has 0 unspecified atom stereocenters.